The summed E-state index contributed by atoms with van der Waals surface area (Å²) < 4.78 is 28.7. The van der Waals surface area contributed by atoms with Crippen molar-refractivity contribution < 1.29 is 13.9 Å². The molecule has 0 amide bonds. The molecule has 0 aliphatic carbocycles. The molecule has 3 rings (SSSR count). The van der Waals surface area contributed by atoms with Crippen LogP contribution in [0, 0.1) is 11.6 Å². The SMILES string of the molecule is C=CCc1ccc(-c2cnc3cc(/C=C/CCCC(C)O)ccc3n2)c(F)c1F. The Balaban J connectivity index is 1.82. The first-order valence-corrected chi connectivity index (χ1v) is 9.69. The summed E-state index contributed by atoms with van der Waals surface area (Å²) in [4.78, 5) is 8.83. The van der Waals surface area contributed by atoms with Crippen molar-refractivity contribution in [2.45, 2.75) is 38.7 Å². The monoisotopic (exact) mass is 394 g/mol. The van der Waals surface area contributed by atoms with E-state index in [9.17, 15) is 13.9 Å². The summed E-state index contributed by atoms with van der Waals surface area (Å²) in [5, 5.41) is 9.27. The Morgan fingerprint density at radius 3 is 2.72 bits per heavy atom. The number of rotatable bonds is 8. The highest BCUT2D eigenvalue weighted by Gasteiger charge is 2.15. The van der Waals surface area contributed by atoms with Crippen LogP contribution in [0.15, 0.2) is 55.3 Å². The molecule has 1 unspecified atom stereocenters. The Morgan fingerprint density at radius 2 is 1.97 bits per heavy atom. The molecule has 3 aromatic rings. The van der Waals surface area contributed by atoms with Crippen LogP contribution < -0.4 is 0 Å². The molecule has 29 heavy (non-hydrogen) atoms. The maximum Gasteiger partial charge on any atom is 0.168 e. The summed E-state index contributed by atoms with van der Waals surface area (Å²) in [6.07, 6.45) is 9.65. The van der Waals surface area contributed by atoms with E-state index in [0.29, 0.717) is 16.7 Å². The third-order valence-corrected chi connectivity index (χ3v) is 4.67. The van der Waals surface area contributed by atoms with Crippen molar-refractivity contribution in [1.82, 2.24) is 9.97 Å². The zero-order valence-electron chi connectivity index (χ0n) is 16.4. The Kier molecular flexibility index (Phi) is 6.83. The van der Waals surface area contributed by atoms with Gasteiger partial charge in [-0.1, -0.05) is 30.4 Å². The van der Waals surface area contributed by atoms with Crippen LogP contribution in [0.3, 0.4) is 0 Å². The standard InChI is InChI=1S/C24H24F2N2O/c1-3-7-18-11-12-19(24(26)23(18)25)22-15-27-21-14-17(10-13-20(21)28-22)9-6-4-5-8-16(2)29/h3,6,9-16,29H,1,4-5,7-8H2,2H3/b9-6+. The minimum atomic E-state index is -0.922. The topological polar surface area (TPSA) is 46.0 Å². The smallest absolute Gasteiger partial charge is 0.168 e. The van der Waals surface area contributed by atoms with Crippen molar-refractivity contribution in [2.75, 3.05) is 0 Å². The first-order chi connectivity index (χ1) is 14.0. The van der Waals surface area contributed by atoms with Gasteiger partial charge in [-0.05, 0) is 61.9 Å². The Labute approximate surface area is 169 Å². The number of hydrogen-bond acceptors (Lipinski definition) is 3. The van der Waals surface area contributed by atoms with Crippen LogP contribution in [0.1, 0.15) is 37.3 Å². The van der Waals surface area contributed by atoms with E-state index in [2.05, 4.69) is 22.6 Å². The van der Waals surface area contributed by atoms with E-state index in [1.165, 1.54) is 18.3 Å². The molecule has 0 saturated carbocycles. The number of unbranched alkanes of at least 4 members (excludes halogenated alkanes) is 1. The Bertz CT molecular complexity index is 1040. The number of aromatic nitrogens is 2. The van der Waals surface area contributed by atoms with Gasteiger partial charge in [0, 0.05) is 5.56 Å². The zero-order chi connectivity index (χ0) is 20.8. The van der Waals surface area contributed by atoms with Crippen LogP contribution in [0.25, 0.3) is 28.4 Å². The van der Waals surface area contributed by atoms with Crippen LogP contribution in [-0.2, 0) is 6.42 Å². The van der Waals surface area contributed by atoms with Gasteiger partial charge in [-0.15, -0.1) is 6.58 Å². The minimum Gasteiger partial charge on any atom is -0.393 e. The first-order valence-electron chi connectivity index (χ1n) is 9.69. The predicted octanol–water partition coefficient (Wildman–Crippen LogP) is 5.87. The molecule has 0 spiro atoms. The molecular formula is C24H24F2N2O. The molecule has 1 aromatic heterocycles. The second kappa shape index (κ2) is 9.52. The van der Waals surface area contributed by atoms with Crippen molar-refractivity contribution in [3.63, 3.8) is 0 Å². The normalized spacial score (nSPS) is 12.6. The van der Waals surface area contributed by atoms with Gasteiger partial charge in [0.2, 0.25) is 0 Å². The lowest BCUT2D eigenvalue weighted by molar-refractivity contribution is 0.182. The quantitative estimate of drug-likeness (QED) is 0.384. The van der Waals surface area contributed by atoms with Crippen molar-refractivity contribution in [3.05, 3.63) is 78.0 Å². The molecule has 0 aliphatic rings. The molecular weight excluding hydrogens is 370 g/mol. The van der Waals surface area contributed by atoms with Gasteiger partial charge in [-0.3, -0.25) is 4.98 Å². The molecule has 0 radical (unpaired) electrons. The van der Waals surface area contributed by atoms with Crippen molar-refractivity contribution in [3.8, 4) is 11.3 Å². The van der Waals surface area contributed by atoms with Crippen molar-refractivity contribution in [2.24, 2.45) is 0 Å². The molecule has 3 nitrogen and oxygen atoms in total. The fourth-order valence-corrected chi connectivity index (χ4v) is 3.11. The highest BCUT2D eigenvalue weighted by atomic mass is 19.2. The summed E-state index contributed by atoms with van der Waals surface area (Å²) in [6, 6.07) is 8.71. The fourth-order valence-electron chi connectivity index (χ4n) is 3.11. The minimum absolute atomic E-state index is 0.0896. The van der Waals surface area contributed by atoms with Gasteiger partial charge in [-0.2, -0.15) is 0 Å². The van der Waals surface area contributed by atoms with Crippen LogP contribution in [0.4, 0.5) is 8.78 Å². The highest BCUT2D eigenvalue weighted by Crippen LogP contribution is 2.26. The van der Waals surface area contributed by atoms with Crippen LogP contribution in [-0.4, -0.2) is 21.2 Å². The number of aliphatic hydroxyl groups is 1. The second-order valence-corrected chi connectivity index (χ2v) is 7.08. The van der Waals surface area contributed by atoms with Crippen molar-refractivity contribution >= 4 is 17.1 Å². The van der Waals surface area contributed by atoms with Gasteiger partial charge < -0.3 is 5.11 Å². The maximum absolute atomic E-state index is 14.5. The average molecular weight is 394 g/mol. The molecule has 5 heteroatoms. The molecule has 0 aliphatic heterocycles. The van der Waals surface area contributed by atoms with E-state index in [1.54, 1.807) is 13.0 Å². The summed E-state index contributed by atoms with van der Waals surface area (Å²) >= 11 is 0. The molecule has 0 fully saturated rings. The third-order valence-electron chi connectivity index (χ3n) is 4.67. The van der Waals surface area contributed by atoms with E-state index in [-0.39, 0.29) is 23.7 Å². The Morgan fingerprint density at radius 1 is 1.14 bits per heavy atom. The first kappa shape index (κ1) is 20.8. The largest absolute Gasteiger partial charge is 0.393 e. The zero-order valence-corrected chi connectivity index (χ0v) is 16.4. The lowest BCUT2D eigenvalue weighted by Gasteiger charge is -2.08. The van der Waals surface area contributed by atoms with Gasteiger partial charge in [0.1, 0.15) is 0 Å². The number of allylic oxidation sites excluding steroid dienone is 2. The lowest BCUT2D eigenvalue weighted by Crippen LogP contribution is -1.98. The number of fused-ring (bicyclic) bond motifs is 1. The van der Waals surface area contributed by atoms with Crippen LogP contribution >= 0.6 is 0 Å². The number of aliphatic hydroxyl groups excluding tert-OH is 1. The predicted molar refractivity (Wildman–Crippen MR) is 113 cm³/mol. The van der Waals surface area contributed by atoms with Crippen molar-refractivity contribution in [1.29, 1.82) is 0 Å². The van der Waals surface area contributed by atoms with Gasteiger partial charge in [0.05, 0.1) is 29.0 Å². The summed E-state index contributed by atoms with van der Waals surface area (Å²) in [5.74, 6) is -1.80. The summed E-state index contributed by atoms with van der Waals surface area (Å²) in [6.45, 7) is 5.34. The maximum atomic E-state index is 14.5. The lowest BCUT2D eigenvalue weighted by atomic mass is 10.0. The average Bonchev–Trinajstić information content (AvgIpc) is 2.71. The summed E-state index contributed by atoms with van der Waals surface area (Å²) in [5.41, 5.74) is 2.93. The molecule has 0 bridgehead atoms. The van der Waals surface area contributed by atoms with E-state index in [0.717, 1.165) is 24.8 Å². The molecule has 2 aromatic carbocycles. The number of halogens is 2. The molecule has 150 valence electrons. The van der Waals surface area contributed by atoms with E-state index < -0.39 is 11.6 Å². The van der Waals surface area contributed by atoms with Gasteiger partial charge >= 0.3 is 0 Å². The number of nitrogens with zero attached hydrogens (tertiary/aromatic N) is 2. The molecule has 0 saturated heterocycles. The molecule has 1 N–H and O–H groups in total. The van der Waals surface area contributed by atoms with E-state index >= 15 is 0 Å². The second-order valence-electron chi connectivity index (χ2n) is 7.08. The van der Waals surface area contributed by atoms with Gasteiger partial charge in [0.15, 0.2) is 11.6 Å². The van der Waals surface area contributed by atoms with Gasteiger partial charge in [0.25, 0.3) is 0 Å². The van der Waals surface area contributed by atoms with Crippen LogP contribution in [0.2, 0.25) is 0 Å². The third kappa shape index (κ3) is 5.12. The number of benzene rings is 2. The highest BCUT2D eigenvalue weighted by molar-refractivity contribution is 5.79. The summed E-state index contributed by atoms with van der Waals surface area (Å²) in [7, 11) is 0. The molecule has 1 atom stereocenters. The van der Waals surface area contributed by atoms with E-state index in [1.807, 2.05) is 24.3 Å². The fraction of sp³-hybridized carbons (Fsp3) is 0.250. The number of hydrogen-bond donors (Lipinski definition) is 1. The molecule has 1 heterocycles. The van der Waals surface area contributed by atoms with Crippen LogP contribution in [0.5, 0.6) is 0 Å². The van der Waals surface area contributed by atoms with Gasteiger partial charge in [-0.25, -0.2) is 13.8 Å². The Hall–Kier alpha value is -2.92. The van der Waals surface area contributed by atoms with E-state index in [4.69, 9.17) is 0 Å².